The Bertz CT molecular complexity index is 914. The van der Waals surface area contributed by atoms with Gasteiger partial charge in [-0.05, 0) is 42.0 Å². The molecule has 26 heavy (non-hydrogen) atoms. The number of rotatable bonds is 7. The molecule has 1 aromatic heterocycles. The van der Waals surface area contributed by atoms with Crippen molar-refractivity contribution in [3.63, 3.8) is 0 Å². The molecule has 6 heteroatoms. The minimum Gasteiger partial charge on any atom is -0.446 e. The lowest BCUT2D eigenvalue weighted by Crippen LogP contribution is -1.92. The standard InChI is InChI=1S/C20H19N3O3/c1-13(2)20-18(15-4-3-5-17(10-15)25-12-22)19(23-26-20)14-6-8-16(9-7-14)24-11-21/h3-13,21-22H,1-2H3. The van der Waals surface area contributed by atoms with Crippen LogP contribution in [0.2, 0.25) is 0 Å². The average Bonchev–Trinajstić information content (AvgIpc) is 3.08. The molecule has 3 rings (SSSR count). The van der Waals surface area contributed by atoms with Gasteiger partial charge < -0.3 is 14.0 Å². The number of hydrogen-bond donors (Lipinski definition) is 2. The minimum atomic E-state index is 0.152. The van der Waals surface area contributed by atoms with Gasteiger partial charge in [-0.2, -0.15) is 0 Å². The normalized spacial score (nSPS) is 10.6. The van der Waals surface area contributed by atoms with E-state index in [1.165, 1.54) is 0 Å². The van der Waals surface area contributed by atoms with Crippen molar-refractivity contribution in [1.82, 2.24) is 5.16 Å². The van der Waals surface area contributed by atoms with Crippen LogP contribution in [0, 0.1) is 10.8 Å². The summed E-state index contributed by atoms with van der Waals surface area (Å²) in [6.07, 6.45) is 1.79. The molecule has 2 aromatic carbocycles. The summed E-state index contributed by atoms with van der Waals surface area (Å²) in [7, 11) is 0. The lowest BCUT2D eigenvalue weighted by molar-refractivity contribution is 0.373. The fourth-order valence-electron chi connectivity index (χ4n) is 2.73. The largest absolute Gasteiger partial charge is 0.446 e. The Labute approximate surface area is 151 Å². The molecule has 0 aliphatic carbocycles. The highest BCUT2D eigenvalue weighted by Crippen LogP contribution is 2.39. The zero-order chi connectivity index (χ0) is 18.5. The van der Waals surface area contributed by atoms with Crippen molar-refractivity contribution in [2.24, 2.45) is 0 Å². The van der Waals surface area contributed by atoms with Gasteiger partial charge in [0.25, 0.3) is 0 Å². The van der Waals surface area contributed by atoms with Gasteiger partial charge in [0.05, 0.1) is 5.56 Å². The molecule has 6 nitrogen and oxygen atoms in total. The van der Waals surface area contributed by atoms with Crippen LogP contribution >= 0.6 is 0 Å². The van der Waals surface area contributed by atoms with Crippen LogP contribution in [0.4, 0.5) is 0 Å². The maximum atomic E-state index is 7.12. The second-order valence-corrected chi connectivity index (χ2v) is 5.95. The first kappa shape index (κ1) is 17.4. The molecular formula is C20H19N3O3. The Balaban J connectivity index is 2.11. The molecule has 0 aliphatic heterocycles. The van der Waals surface area contributed by atoms with E-state index in [2.05, 4.69) is 5.16 Å². The number of aromatic nitrogens is 1. The smallest absolute Gasteiger partial charge is 0.173 e. The summed E-state index contributed by atoms with van der Waals surface area (Å²) < 4.78 is 15.9. The quantitative estimate of drug-likeness (QED) is 0.458. The van der Waals surface area contributed by atoms with E-state index >= 15 is 0 Å². The topological polar surface area (TPSA) is 92.2 Å². The van der Waals surface area contributed by atoms with Crippen molar-refractivity contribution in [3.05, 3.63) is 54.3 Å². The maximum absolute atomic E-state index is 7.12. The van der Waals surface area contributed by atoms with E-state index in [4.69, 9.17) is 24.8 Å². The zero-order valence-corrected chi connectivity index (χ0v) is 14.5. The Hall–Kier alpha value is -3.41. The van der Waals surface area contributed by atoms with Crippen LogP contribution in [-0.2, 0) is 0 Å². The van der Waals surface area contributed by atoms with Gasteiger partial charge in [-0.25, -0.2) is 0 Å². The second kappa shape index (κ2) is 7.65. The van der Waals surface area contributed by atoms with Crippen LogP contribution in [-0.4, -0.2) is 18.0 Å². The summed E-state index contributed by atoms with van der Waals surface area (Å²) in [5, 5.41) is 18.4. The van der Waals surface area contributed by atoms with Gasteiger partial charge in [-0.1, -0.05) is 31.1 Å². The molecular weight excluding hydrogens is 330 g/mol. The van der Waals surface area contributed by atoms with Crippen LogP contribution in [0.15, 0.2) is 53.1 Å². The third kappa shape index (κ3) is 3.49. The van der Waals surface area contributed by atoms with E-state index in [0.29, 0.717) is 11.5 Å². The van der Waals surface area contributed by atoms with Crippen molar-refractivity contribution >= 4 is 12.8 Å². The minimum absolute atomic E-state index is 0.152. The van der Waals surface area contributed by atoms with E-state index in [1.807, 2.05) is 44.2 Å². The Morgan fingerprint density at radius 1 is 0.923 bits per heavy atom. The van der Waals surface area contributed by atoms with Gasteiger partial charge in [0.1, 0.15) is 23.0 Å². The van der Waals surface area contributed by atoms with Crippen molar-refractivity contribution < 1.29 is 14.0 Å². The Morgan fingerprint density at radius 2 is 1.62 bits per heavy atom. The van der Waals surface area contributed by atoms with E-state index in [-0.39, 0.29) is 5.92 Å². The Morgan fingerprint density at radius 3 is 2.27 bits per heavy atom. The predicted molar refractivity (Wildman–Crippen MR) is 100 cm³/mol. The fraction of sp³-hybridized carbons (Fsp3) is 0.150. The van der Waals surface area contributed by atoms with Gasteiger partial charge in [-0.15, -0.1) is 0 Å². The molecule has 0 saturated carbocycles. The lowest BCUT2D eigenvalue weighted by Gasteiger charge is -2.09. The highest BCUT2D eigenvalue weighted by Gasteiger charge is 2.21. The van der Waals surface area contributed by atoms with E-state index in [1.54, 1.807) is 18.2 Å². The lowest BCUT2D eigenvalue weighted by atomic mass is 9.95. The van der Waals surface area contributed by atoms with Crippen LogP contribution < -0.4 is 9.47 Å². The third-order valence-corrected chi connectivity index (χ3v) is 3.88. The highest BCUT2D eigenvalue weighted by atomic mass is 16.5. The van der Waals surface area contributed by atoms with Crippen LogP contribution in [0.5, 0.6) is 11.5 Å². The molecule has 0 unspecified atom stereocenters. The molecule has 132 valence electrons. The number of nitrogens with one attached hydrogen (secondary N) is 2. The Kier molecular flexibility index (Phi) is 5.12. The van der Waals surface area contributed by atoms with Gasteiger partial charge in [0, 0.05) is 11.5 Å². The summed E-state index contributed by atoms with van der Waals surface area (Å²) in [5.74, 6) is 2.10. The van der Waals surface area contributed by atoms with Gasteiger partial charge in [0.15, 0.2) is 12.8 Å². The van der Waals surface area contributed by atoms with Gasteiger partial charge >= 0.3 is 0 Å². The molecule has 0 amide bonds. The summed E-state index contributed by atoms with van der Waals surface area (Å²) in [4.78, 5) is 0. The predicted octanol–water partition coefficient (Wildman–Crippen LogP) is 5.10. The molecule has 0 atom stereocenters. The maximum Gasteiger partial charge on any atom is 0.173 e. The van der Waals surface area contributed by atoms with E-state index in [0.717, 1.165) is 40.9 Å². The van der Waals surface area contributed by atoms with Crippen LogP contribution in [0.3, 0.4) is 0 Å². The summed E-state index contributed by atoms with van der Waals surface area (Å²) in [5.41, 5.74) is 3.41. The zero-order valence-electron chi connectivity index (χ0n) is 14.5. The molecule has 0 spiro atoms. The summed E-state index contributed by atoms with van der Waals surface area (Å²) in [6.45, 7) is 4.10. The van der Waals surface area contributed by atoms with Crippen LogP contribution in [0.25, 0.3) is 22.4 Å². The summed E-state index contributed by atoms with van der Waals surface area (Å²) in [6, 6.07) is 14.8. The molecule has 0 bridgehead atoms. The average molecular weight is 349 g/mol. The van der Waals surface area contributed by atoms with Gasteiger partial charge in [-0.3, -0.25) is 10.8 Å². The van der Waals surface area contributed by atoms with Gasteiger partial charge in [0.2, 0.25) is 0 Å². The van der Waals surface area contributed by atoms with Crippen molar-refractivity contribution in [1.29, 1.82) is 10.8 Å². The molecule has 0 saturated heterocycles. The number of ether oxygens (including phenoxy) is 2. The number of hydrogen-bond acceptors (Lipinski definition) is 6. The fourth-order valence-corrected chi connectivity index (χ4v) is 2.73. The van der Waals surface area contributed by atoms with Crippen LogP contribution in [0.1, 0.15) is 25.5 Å². The van der Waals surface area contributed by atoms with E-state index < -0.39 is 0 Å². The first-order chi connectivity index (χ1) is 12.6. The second-order valence-electron chi connectivity index (χ2n) is 5.95. The monoisotopic (exact) mass is 349 g/mol. The van der Waals surface area contributed by atoms with Crippen molar-refractivity contribution in [3.8, 4) is 33.9 Å². The molecule has 0 radical (unpaired) electrons. The van der Waals surface area contributed by atoms with Crippen molar-refractivity contribution in [2.45, 2.75) is 19.8 Å². The molecule has 0 aliphatic rings. The molecule has 0 fully saturated rings. The molecule has 2 N–H and O–H groups in total. The number of nitrogens with zero attached hydrogens (tertiary/aromatic N) is 1. The third-order valence-electron chi connectivity index (χ3n) is 3.88. The number of benzene rings is 2. The van der Waals surface area contributed by atoms with Crippen molar-refractivity contribution in [2.75, 3.05) is 0 Å². The highest BCUT2D eigenvalue weighted by molar-refractivity contribution is 5.83. The van der Waals surface area contributed by atoms with E-state index in [9.17, 15) is 0 Å². The molecule has 3 aromatic rings. The SMILES string of the molecule is CC(C)c1onc(-c2ccc(OC=N)cc2)c1-c1cccc(OC=N)c1. The molecule has 1 heterocycles. The first-order valence-corrected chi connectivity index (χ1v) is 8.15. The summed E-state index contributed by atoms with van der Waals surface area (Å²) >= 11 is 0. The first-order valence-electron chi connectivity index (χ1n) is 8.15.